The van der Waals surface area contributed by atoms with Crippen molar-refractivity contribution in [2.24, 2.45) is 5.92 Å². The van der Waals surface area contributed by atoms with Crippen LogP contribution in [0.25, 0.3) is 15.2 Å². The van der Waals surface area contributed by atoms with Crippen LogP contribution in [-0.2, 0) is 26.4 Å². The molecule has 0 N–H and O–H groups in total. The molecule has 4 rings (SSSR count). The van der Waals surface area contributed by atoms with Crippen molar-refractivity contribution in [2.45, 2.75) is 72.6 Å². The first-order valence-electron chi connectivity index (χ1n) is 14.4. The monoisotopic (exact) mass is 620 g/mol. The first-order valence-corrected chi connectivity index (χ1v) is 15.2. The number of fused-ring (bicyclic) bond motifs is 1. The second-order valence-electron chi connectivity index (χ2n) is 11.2. The van der Waals surface area contributed by atoms with Gasteiger partial charge in [-0.25, -0.2) is 14.2 Å². The van der Waals surface area contributed by atoms with Gasteiger partial charge in [0.25, 0.3) is 5.56 Å². The third kappa shape index (κ3) is 6.27. The topological polar surface area (TPSA) is 151 Å². The van der Waals surface area contributed by atoms with Crippen molar-refractivity contribution in [3.8, 4) is 11.1 Å². The Labute approximate surface area is 258 Å². The van der Waals surface area contributed by atoms with Crippen LogP contribution in [0.3, 0.4) is 0 Å². The smallest absolute Gasteiger partial charge is 0.338 e. The summed E-state index contributed by atoms with van der Waals surface area (Å²) in [7, 11) is 0. The molecule has 1 atom stereocenters. The molecule has 0 saturated carbocycles. The summed E-state index contributed by atoms with van der Waals surface area (Å²) in [4.78, 5) is 56.7. The molecule has 44 heavy (non-hydrogen) atoms. The Kier molecular flexibility index (Phi) is 9.96. The molecule has 0 unspecified atom stereocenters. The molecule has 13 heteroatoms. The lowest BCUT2D eigenvalue weighted by atomic mass is 9.91. The van der Waals surface area contributed by atoms with Gasteiger partial charge in [0.1, 0.15) is 21.5 Å². The molecule has 0 aliphatic rings. The molecular formula is C31H36N6O6S. The van der Waals surface area contributed by atoms with Crippen LogP contribution < -0.4 is 11.2 Å². The van der Waals surface area contributed by atoms with E-state index in [-0.39, 0.29) is 55.3 Å². The van der Waals surface area contributed by atoms with Crippen LogP contribution in [-0.4, -0.2) is 49.1 Å². The maximum absolute atomic E-state index is 14.4. The van der Waals surface area contributed by atoms with Gasteiger partial charge in [-0.05, 0) is 45.2 Å². The summed E-state index contributed by atoms with van der Waals surface area (Å²) in [6.07, 6.45) is 2.38. The van der Waals surface area contributed by atoms with Gasteiger partial charge in [0.05, 0.1) is 55.6 Å². The highest BCUT2D eigenvalue weighted by Gasteiger charge is 2.36. The van der Waals surface area contributed by atoms with Gasteiger partial charge < -0.3 is 9.47 Å². The zero-order valence-electron chi connectivity index (χ0n) is 25.7. The minimum atomic E-state index is -1.47. The number of ketones is 1. The molecule has 0 saturated heterocycles. The lowest BCUT2D eigenvalue weighted by molar-refractivity contribution is -0.127. The average molecular weight is 621 g/mol. The van der Waals surface area contributed by atoms with E-state index in [1.807, 2.05) is 19.9 Å². The van der Waals surface area contributed by atoms with Crippen LogP contribution in [0.5, 0.6) is 0 Å². The fourth-order valence-corrected chi connectivity index (χ4v) is 6.29. The van der Waals surface area contributed by atoms with E-state index in [1.54, 1.807) is 52.0 Å². The number of aryl methyl sites for hydroxylation is 1. The van der Waals surface area contributed by atoms with Crippen molar-refractivity contribution in [3.63, 3.8) is 0 Å². The van der Waals surface area contributed by atoms with E-state index in [2.05, 4.69) is 10.2 Å². The van der Waals surface area contributed by atoms with Gasteiger partial charge in [0.15, 0.2) is 5.78 Å². The Bertz CT molecular complexity index is 1830. The van der Waals surface area contributed by atoms with Crippen molar-refractivity contribution in [1.82, 2.24) is 24.1 Å². The van der Waals surface area contributed by atoms with Crippen LogP contribution >= 0.6 is 11.3 Å². The summed E-state index contributed by atoms with van der Waals surface area (Å²) < 4.78 is 13.8. The molecule has 0 amide bonds. The third-order valence-electron chi connectivity index (χ3n) is 7.31. The molecule has 3 aromatic heterocycles. The van der Waals surface area contributed by atoms with E-state index in [1.165, 1.54) is 21.8 Å². The Hall–Kier alpha value is -4.41. The number of carbonyl (C=O) groups is 2. The fourth-order valence-electron chi connectivity index (χ4n) is 5.07. The Balaban J connectivity index is 2.02. The standard InChI is InChI=1S/C31H36N6O6S/c1-7-42-29(40)22-12-9-8-11-21(22)23(43-16-10-13-32)18-35-28-25(20(4)27(44-28)37-33-14-15-34-37)26(39)36(30(35)41)31(5,6)24(38)17-19(2)3/h8-9,11-12,14-15,19,23H,7,10,16-18H2,1-6H3/t23-/m0/s1. The highest BCUT2D eigenvalue weighted by molar-refractivity contribution is 7.21. The third-order valence-corrected chi connectivity index (χ3v) is 8.59. The molecule has 0 fully saturated rings. The number of nitrogens with zero attached hydrogens (tertiary/aromatic N) is 6. The van der Waals surface area contributed by atoms with Crippen molar-refractivity contribution in [1.29, 1.82) is 5.26 Å². The average Bonchev–Trinajstić information content (AvgIpc) is 3.62. The number of nitriles is 1. The van der Waals surface area contributed by atoms with E-state index in [0.29, 0.717) is 21.0 Å². The lowest BCUT2D eigenvalue weighted by Gasteiger charge is -2.28. The number of hydrogen-bond acceptors (Lipinski definition) is 10. The quantitative estimate of drug-likeness (QED) is 0.157. The molecule has 0 spiro atoms. The lowest BCUT2D eigenvalue weighted by Crippen LogP contribution is -2.53. The van der Waals surface area contributed by atoms with Gasteiger partial charge in [-0.1, -0.05) is 43.4 Å². The first-order chi connectivity index (χ1) is 20.9. The molecule has 4 aromatic rings. The summed E-state index contributed by atoms with van der Waals surface area (Å²) in [5, 5.41) is 18.4. The van der Waals surface area contributed by atoms with Crippen molar-refractivity contribution >= 4 is 33.3 Å². The normalized spacial score (nSPS) is 12.4. The molecule has 0 aliphatic carbocycles. The van der Waals surface area contributed by atoms with Gasteiger partial charge in [0.2, 0.25) is 0 Å². The molecule has 1 aromatic carbocycles. The summed E-state index contributed by atoms with van der Waals surface area (Å²) in [6.45, 7) is 10.5. The van der Waals surface area contributed by atoms with Gasteiger partial charge >= 0.3 is 11.7 Å². The van der Waals surface area contributed by atoms with Crippen LogP contribution in [0.15, 0.2) is 46.2 Å². The molecule has 232 valence electrons. The zero-order chi connectivity index (χ0) is 32.2. The van der Waals surface area contributed by atoms with Gasteiger partial charge in [0, 0.05) is 12.0 Å². The first kappa shape index (κ1) is 32.5. The van der Waals surface area contributed by atoms with Crippen LogP contribution in [0.4, 0.5) is 0 Å². The largest absolute Gasteiger partial charge is 0.462 e. The van der Waals surface area contributed by atoms with Crippen LogP contribution in [0.2, 0.25) is 0 Å². The highest BCUT2D eigenvalue weighted by Crippen LogP contribution is 2.33. The number of thiophene rings is 1. The minimum absolute atomic E-state index is 0.0149. The predicted molar refractivity (Wildman–Crippen MR) is 165 cm³/mol. The summed E-state index contributed by atoms with van der Waals surface area (Å²) in [5.74, 6) is -0.797. The Morgan fingerprint density at radius 2 is 1.82 bits per heavy atom. The van der Waals surface area contributed by atoms with Gasteiger partial charge in [-0.3, -0.25) is 14.2 Å². The summed E-state index contributed by atoms with van der Waals surface area (Å²) in [5.41, 5.74) is -1.50. The molecule has 0 radical (unpaired) electrons. The van der Waals surface area contributed by atoms with E-state index in [9.17, 15) is 24.4 Å². The van der Waals surface area contributed by atoms with Gasteiger partial charge in [-0.15, -0.1) is 4.80 Å². The zero-order valence-corrected chi connectivity index (χ0v) is 26.5. The number of ether oxygens (including phenoxy) is 2. The predicted octanol–water partition coefficient (Wildman–Crippen LogP) is 4.31. The van der Waals surface area contributed by atoms with E-state index in [4.69, 9.17) is 9.47 Å². The number of hydrogen-bond donors (Lipinski definition) is 0. The van der Waals surface area contributed by atoms with Crippen molar-refractivity contribution in [3.05, 3.63) is 74.2 Å². The number of esters is 1. The molecule has 0 bridgehead atoms. The van der Waals surface area contributed by atoms with Crippen LogP contribution in [0, 0.1) is 24.2 Å². The number of aromatic nitrogens is 5. The molecule has 12 nitrogen and oxygen atoms in total. The fraction of sp³-hybridized carbons (Fsp3) is 0.452. The number of rotatable bonds is 13. The Morgan fingerprint density at radius 3 is 2.45 bits per heavy atom. The number of carbonyl (C=O) groups excluding carboxylic acids is 2. The van der Waals surface area contributed by atoms with Gasteiger partial charge in [-0.2, -0.15) is 15.5 Å². The van der Waals surface area contributed by atoms with E-state index >= 15 is 0 Å². The second kappa shape index (κ2) is 13.5. The molecular weight excluding hydrogens is 584 g/mol. The summed E-state index contributed by atoms with van der Waals surface area (Å²) in [6, 6.07) is 8.79. The number of benzene rings is 1. The number of Topliss-reactive ketones (excluding diaryl/α,β-unsaturated/α-hetero) is 1. The molecule has 3 heterocycles. The SMILES string of the molecule is CCOC(=O)c1ccccc1[C@H](Cn1c(=O)n(C(C)(C)C(=O)CC(C)C)c(=O)c2c(C)c(-n3nccn3)sc21)OCCC#N. The maximum Gasteiger partial charge on any atom is 0.338 e. The van der Waals surface area contributed by atoms with Crippen molar-refractivity contribution < 1.29 is 19.1 Å². The van der Waals surface area contributed by atoms with E-state index in [0.717, 1.165) is 15.9 Å². The molecule has 0 aliphatic heterocycles. The van der Waals surface area contributed by atoms with E-state index < -0.39 is 28.9 Å². The minimum Gasteiger partial charge on any atom is -0.462 e. The second-order valence-corrected chi connectivity index (χ2v) is 12.2. The Morgan fingerprint density at radius 1 is 1.14 bits per heavy atom. The highest BCUT2D eigenvalue weighted by atomic mass is 32.1. The summed E-state index contributed by atoms with van der Waals surface area (Å²) >= 11 is 1.16. The van der Waals surface area contributed by atoms with Crippen molar-refractivity contribution in [2.75, 3.05) is 13.2 Å². The van der Waals surface area contributed by atoms with Crippen LogP contribution in [0.1, 0.15) is 75.0 Å². The maximum atomic E-state index is 14.4.